The van der Waals surface area contributed by atoms with Crippen LogP contribution in [0.1, 0.15) is 22.3 Å². The molecule has 0 radical (unpaired) electrons. The van der Waals surface area contributed by atoms with E-state index in [1.165, 1.54) is 21.2 Å². The second kappa shape index (κ2) is 11.2. The molecule has 2 saturated heterocycles. The van der Waals surface area contributed by atoms with Crippen LogP contribution in [-0.4, -0.2) is 69.0 Å². The molecule has 1 N–H and O–H groups in total. The predicted molar refractivity (Wildman–Crippen MR) is 147 cm³/mol. The third kappa shape index (κ3) is 5.08. The predicted octanol–water partition coefficient (Wildman–Crippen LogP) is 2.73. The van der Waals surface area contributed by atoms with Crippen LogP contribution in [0, 0.1) is 18.3 Å². The van der Waals surface area contributed by atoms with Crippen molar-refractivity contribution in [2.75, 3.05) is 44.2 Å². The second-order valence-corrected chi connectivity index (χ2v) is 10.7. The van der Waals surface area contributed by atoms with Crippen LogP contribution in [0.3, 0.4) is 0 Å². The van der Waals surface area contributed by atoms with Crippen molar-refractivity contribution < 1.29 is 9.90 Å². The smallest absolute Gasteiger partial charge is 0.270 e. The van der Waals surface area contributed by atoms with Crippen molar-refractivity contribution in [1.29, 1.82) is 5.26 Å². The number of carbonyl (C=O) groups excluding carboxylic acids is 1. The molecule has 0 saturated carbocycles. The number of aliphatic hydroxyl groups is 1. The fraction of sp³-hybridized carbons (Fsp3) is 0.360. The maximum absolute atomic E-state index is 13.4. The van der Waals surface area contributed by atoms with E-state index in [1.807, 2.05) is 24.3 Å². The molecule has 2 aliphatic rings. The van der Waals surface area contributed by atoms with Gasteiger partial charge in [-0.1, -0.05) is 53.8 Å². The third-order valence-electron chi connectivity index (χ3n) is 6.49. The maximum Gasteiger partial charge on any atom is 0.270 e. The van der Waals surface area contributed by atoms with Gasteiger partial charge in [0.25, 0.3) is 11.5 Å². The highest BCUT2D eigenvalue weighted by atomic mass is 35.5. The van der Waals surface area contributed by atoms with Gasteiger partial charge >= 0.3 is 0 Å². The van der Waals surface area contributed by atoms with Gasteiger partial charge in [-0.2, -0.15) is 5.26 Å². The average molecular weight is 544 g/mol. The summed E-state index contributed by atoms with van der Waals surface area (Å²) in [6.07, 6.45) is 1.75. The van der Waals surface area contributed by atoms with Gasteiger partial charge in [0.05, 0.1) is 18.1 Å². The fourth-order valence-electron chi connectivity index (χ4n) is 4.48. The van der Waals surface area contributed by atoms with Gasteiger partial charge in [-0.05, 0) is 30.2 Å². The molecular formula is C25H26ClN5O3S2. The Labute approximate surface area is 224 Å². The maximum atomic E-state index is 13.4. The number of amides is 1. The van der Waals surface area contributed by atoms with Gasteiger partial charge in [0.15, 0.2) is 0 Å². The minimum Gasteiger partial charge on any atom is -0.395 e. The summed E-state index contributed by atoms with van der Waals surface area (Å²) < 4.78 is 1.91. The standard InChI is InChI=1S/C25H26ClN5O3S2/c1-16-18(13-21-24(34)31(25(35)36-21)15-17-5-3-4-6-20(17)26)22(28(2)23(33)19(16)14-27)30-9-7-29(8-10-30)11-12-32/h3-6,13,32H,7-12,15H2,1-2H3/b21-13+. The zero-order valence-corrected chi connectivity index (χ0v) is 22.4. The number of hydrogen-bond donors (Lipinski definition) is 1. The van der Waals surface area contributed by atoms with E-state index in [-0.39, 0.29) is 30.2 Å². The Hall–Kier alpha value is -2.68. The first-order valence-electron chi connectivity index (χ1n) is 11.5. The van der Waals surface area contributed by atoms with E-state index in [2.05, 4.69) is 9.80 Å². The Morgan fingerprint density at radius 3 is 2.56 bits per heavy atom. The Kier molecular flexibility index (Phi) is 8.17. The highest BCUT2D eigenvalue weighted by molar-refractivity contribution is 8.26. The van der Waals surface area contributed by atoms with E-state index < -0.39 is 0 Å². The first-order chi connectivity index (χ1) is 17.3. The summed E-state index contributed by atoms with van der Waals surface area (Å²) in [5.74, 6) is 0.423. The van der Waals surface area contributed by atoms with Crippen molar-refractivity contribution in [2.45, 2.75) is 13.5 Å². The highest BCUT2D eigenvalue weighted by Crippen LogP contribution is 2.37. The lowest BCUT2D eigenvalue weighted by molar-refractivity contribution is -0.122. The number of anilines is 1. The van der Waals surface area contributed by atoms with E-state index in [1.54, 1.807) is 26.1 Å². The van der Waals surface area contributed by atoms with Crippen molar-refractivity contribution in [3.05, 3.63) is 66.8 Å². The lowest BCUT2D eigenvalue weighted by Gasteiger charge is -2.37. The summed E-state index contributed by atoms with van der Waals surface area (Å²) in [6, 6.07) is 9.35. The number of piperazine rings is 1. The molecule has 0 unspecified atom stereocenters. The van der Waals surface area contributed by atoms with Crippen molar-refractivity contribution in [2.24, 2.45) is 7.05 Å². The summed E-state index contributed by atoms with van der Waals surface area (Å²) in [7, 11) is 1.65. The highest BCUT2D eigenvalue weighted by Gasteiger charge is 2.34. The molecule has 0 spiro atoms. The van der Waals surface area contributed by atoms with E-state index in [0.29, 0.717) is 50.8 Å². The van der Waals surface area contributed by atoms with Crippen molar-refractivity contribution in [3.63, 3.8) is 0 Å². The summed E-state index contributed by atoms with van der Waals surface area (Å²) in [4.78, 5) is 32.6. The molecule has 2 aromatic rings. The van der Waals surface area contributed by atoms with Crippen molar-refractivity contribution >= 4 is 57.7 Å². The number of thiocarbonyl (C=S) groups is 1. The van der Waals surface area contributed by atoms with Gasteiger partial charge in [-0.25, -0.2) is 0 Å². The van der Waals surface area contributed by atoms with E-state index in [9.17, 15) is 20.0 Å². The molecule has 1 aromatic carbocycles. The van der Waals surface area contributed by atoms with Gasteiger partial charge < -0.3 is 10.0 Å². The van der Waals surface area contributed by atoms with Gasteiger partial charge in [0.1, 0.15) is 21.8 Å². The van der Waals surface area contributed by atoms with Crippen LogP contribution in [0.25, 0.3) is 6.08 Å². The van der Waals surface area contributed by atoms with E-state index in [4.69, 9.17) is 23.8 Å². The number of benzene rings is 1. The summed E-state index contributed by atoms with van der Waals surface area (Å²) in [6.45, 7) is 5.44. The molecular weight excluding hydrogens is 518 g/mol. The van der Waals surface area contributed by atoms with Crippen LogP contribution in [0.15, 0.2) is 34.0 Å². The lowest BCUT2D eigenvalue weighted by Crippen LogP contribution is -2.49. The molecule has 1 amide bonds. The second-order valence-electron chi connectivity index (χ2n) is 8.62. The molecule has 2 fully saturated rings. The molecule has 8 nitrogen and oxygen atoms in total. The Morgan fingerprint density at radius 2 is 1.92 bits per heavy atom. The molecule has 1 aromatic heterocycles. The quantitative estimate of drug-likeness (QED) is 0.439. The zero-order chi connectivity index (χ0) is 26.0. The van der Waals surface area contributed by atoms with E-state index >= 15 is 0 Å². The summed E-state index contributed by atoms with van der Waals surface area (Å²) in [5, 5.41) is 19.5. The molecule has 2 aliphatic heterocycles. The first kappa shape index (κ1) is 26.4. The summed E-state index contributed by atoms with van der Waals surface area (Å²) in [5.41, 5.74) is 1.67. The molecule has 4 rings (SSSR count). The molecule has 0 aliphatic carbocycles. The Bertz CT molecular complexity index is 1340. The Morgan fingerprint density at radius 1 is 1.22 bits per heavy atom. The molecule has 3 heterocycles. The molecule has 0 bridgehead atoms. The van der Waals surface area contributed by atoms with Crippen LogP contribution in [-0.2, 0) is 18.4 Å². The summed E-state index contributed by atoms with van der Waals surface area (Å²) >= 11 is 13.0. The molecule has 11 heteroatoms. The number of β-amino-alcohol motifs (C(OH)–C–C–N with tert-alkyl or cyclic N) is 1. The third-order valence-corrected chi connectivity index (χ3v) is 8.24. The number of hydrogen-bond acceptors (Lipinski definition) is 8. The van der Waals surface area contributed by atoms with Gasteiger partial charge in [-0.15, -0.1) is 0 Å². The van der Waals surface area contributed by atoms with Crippen molar-refractivity contribution in [3.8, 4) is 6.07 Å². The minimum atomic E-state index is -0.369. The van der Waals surface area contributed by atoms with Crippen LogP contribution in [0.2, 0.25) is 5.02 Å². The van der Waals surface area contributed by atoms with Crippen molar-refractivity contribution in [1.82, 2.24) is 14.4 Å². The topological polar surface area (TPSA) is 92.8 Å². The van der Waals surface area contributed by atoms with Crippen LogP contribution in [0.4, 0.5) is 5.82 Å². The van der Waals surface area contributed by atoms with Gasteiger partial charge in [0, 0.05) is 50.4 Å². The normalized spacial score (nSPS) is 17.8. The number of thioether (sulfide) groups is 1. The van der Waals surface area contributed by atoms with Crippen LogP contribution in [0.5, 0.6) is 0 Å². The van der Waals surface area contributed by atoms with Crippen LogP contribution < -0.4 is 10.5 Å². The van der Waals surface area contributed by atoms with Crippen LogP contribution >= 0.6 is 35.6 Å². The van der Waals surface area contributed by atoms with Gasteiger partial charge in [0.2, 0.25) is 0 Å². The molecule has 36 heavy (non-hydrogen) atoms. The zero-order valence-electron chi connectivity index (χ0n) is 20.0. The Balaban J connectivity index is 1.73. The van der Waals surface area contributed by atoms with E-state index in [0.717, 1.165) is 18.7 Å². The average Bonchev–Trinajstić information content (AvgIpc) is 3.12. The number of nitriles is 1. The number of rotatable bonds is 6. The lowest BCUT2D eigenvalue weighted by atomic mass is 10.0. The number of pyridine rings is 1. The van der Waals surface area contributed by atoms with Gasteiger partial charge in [-0.3, -0.25) is 24.0 Å². The SMILES string of the molecule is Cc1c(/C=C2/SC(=S)N(Cc3ccccc3Cl)C2=O)c(N2CCN(CCO)CC2)n(C)c(=O)c1C#N. The number of aromatic nitrogens is 1. The monoisotopic (exact) mass is 543 g/mol. The number of aliphatic hydroxyl groups excluding tert-OH is 1. The largest absolute Gasteiger partial charge is 0.395 e. The molecule has 188 valence electrons. The number of nitrogens with zero attached hydrogens (tertiary/aromatic N) is 5. The first-order valence-corrected chi connectivity index (χ1v) is 13.1. The number of halogens is 1. The minimum absolute atomic E-state index is 0.0537. The fourth-order valence-corrected chi connectivity index (χ4v) is 5.92. The molecule has 0 atom stereocenters. The number of carbonyl (C=O) groups is 1.